The minimum atomic E-state index is -0.289. The maximum absolute atomic E-state index is 11.8. The van der Waals surface area contributed by atoms with Gasteiger partial charge >= 0.3 is 5.97 Å². The molecule has 0 aromatic rings. The molecule has 0 aromatic heterocycles. The van der Waals surface area contributed by atoms with Crippen molar-refractivity contribution in [3.8, 4) is 0 Å². The highest BCUT2D eigenvalue weighted by molar-refractivity contribution is 14.1. The Hall–Kier alpha value is 0.370. The predicted octanol–water partition coefficient (Wildman–Crippen LogP) is -0.684. The quantitative estimate of drug-likeness (QED) is 0.259. The van der Waals surface area contributed by atoms with Gasteiger partial charge < -0.3 is 33.2 Å². The van der Waals surface area contributed by atoms with E-state index >= 15 is 0 Å². The van der Waals surface area contributed by atoms with Gasteiger partial charge in [-0.15, -0.1) is 0 Å². The summed E-state index contributed by atoms with van der Waals surface area (Å²) in [5.74, 6) is -0.132. The van der Waals surface area contributed by atoms with E-state index in [4.69, 9.17) is 4.74 Å². The minimum Gasteiger partial charge on any atom is -1.00 e. The summed E-state index contributed by atoms with van der Waals surface area (Å²) in [5, 5.41) is 0. The molecule has 3 nitrogen and oxygen atoms in total. The normalized spacial score (nSPS) is 46.5. The van der Waals surface area contributed by atoms with Crippen molar-refractivity contribution in [3.63, 3.8) is 0 Å². The highest BCUT2D eigenvalue weighted by Crippen LogP contribution is 2.57. The Balaban J connectivity index is 0.00000110. The van der Waals surface area contributed by atoms with Crippen LogP contribution in [-0.4, -0.2) is 41.7 Å². The highest BCUT2D eigenvalue weighted by Gasteiger charge is 2.68. The zero-order valence-corrected chi connectivity index (χ0v) is 15.2. The number of halogens is 2. The van der Waals surface area contributed by atoms with Gasteiger partial charge in [0.05, 0.1) is 20.0 Å². The lowest BCUT2D eigenvalue weighted by molar-refractivity contribution is -0.944. The van der Waals surface area contributed by atoms with Crippen LogP contribution in [0.25, 0.3) is 0 Å². The molecule has 2 fully saturated rings. The van der Waals surface area contributed by atoms with Gasteiger partial charge in [0.2, 0.25) is 0 Å². The fourth-order valence-electron chi connectivity index (χ4n) is 4.66. The number of carbonyl (C=O) groups is 1. The molecule has 104 valence electrons. The number of piperidine rings is 1. The first kappa shape index (κ1) is 14.3. The van der Waals surface area contributed by atoms with Gasteiger partial charge in [0.1, 0.15) is 12.1 Å². The van der Waals surface area contributed by atoms with Crippen molar-refractivity contribution in [1.82, 2.24) is 0 Å². The molecule has 2 bridgehead atoms. The molecule has 4 rings (SSSR count). The molecule has 1 unspecified atom stereocenters. The Morgan fingerprint density at radius 2 is 2.26 bits per heavy atom. The van der Waals surface area contributed by atoms with Crippen molar-refractivity contribution in [2.45, 2.75) is 43.4 Å². The van der Waals surface area contributed by atoms with Crippen LogP contribution >= 0.6 is 22.6 Å². The Morgan fingerprint density at radius 3 is 3.05 bits per heavy atom. The number of rotatable bonds is 0. The molecule has 0 saturated carbocycles. The molecule has 1 aliphatic carbocycles. The van der Waals surface area contributed by atoms with Crippen LogP contribution in [0.1, 0.15) is 25.7 Å². The molecule has 4 aliphatic rings. The second-order valence-corrected chi connectivity index (χ2v) is 7.40. The lowest BCUT2D eigenvalue weighted by atomic mass is 9.80. The predicted molar refractivity (Wildman–Crippen MR) is 76.1 cm³/mol. The van der Waals surface area contributed by atoms with Gasteiger partial charge in [-0.3, -0.25) is 0 Å². The maximum Gasteiger partial charge on any atom is 0.332 e. The number of esters is 1. The SMILES string of the molecule is C[N+]12CCCC[C@@H]1[C@]13C[C@H]2C=C(I)C1=CC(=O)O3.[I-]. The maximum atomic E-state index is 11.8. The van der Waals surface area contributed by atoms with Crippen LogP contribution < -0.4 is 24.0 Å². The first-order valence-electron chi connectivity index (χ1n) is 6.74. The molecule has 4 atom stereocenters. The summed E-state index contributed by atoms with van der Waals surface area (Å²) in [5.41, 5.74) is 0.875. The van der Waals surface area contributed by atoms with Gasteiger partial charge in [0.25, 0.3) is 0 Å². The van der Waals surface area contributed by atoms with Crippen molar-refractivity contribution in [2.24, 2.45) is 0 Å². The van der Waals surface area contributed by atoms with Crippen molar-refractivity contribution in [3.05, 3.63) is 21.3 Å². The molecule has 19 heavy (non-hydrogen) atoms. The zero-order chi connectivity index (χ0) is 12.5. The van der Waals surface area contributed by atoms with Crippen LogP contribution in [-0.2, 0) is 9.53 Å². The first-order valence-corrected chi connectivity index (χ1v) is 7.82. The molecule has 0 aromatic carbocycles. The smallest absolute Gasteiger partial charge is 0.332 e. The summed E-state index contributed by atoms with van der Waals surface area (Å²) in [6, 6.07) is 1.00. The Morgan fingerprint density at radius 1 is 1.47 bits per heavy atom. The average molecular weight is 485 g/mol. The summed E-state index contributed by atoms with van der Waals surface area (Å²) >= 11 is 2.38. The summed E-state index contributed by atoms with van der Waals surface area (Å²) in [4.78, 5) is 11.8. The van der Waals surface area contributed by atoms with Crippen molar-refractivity contribution in [2.75, 3.05) is 13.6 Å². The Kier molecular flexibility index (Phi) is 3.34. The van der Waals surface area contributed by atoms with Gasteiger partial charge in [-0.25, -0.2) is 4.79 Å². The molecule has 1 spiro atoms. The number of hydrogen-bond acceptors (Lipinski definition) is 2. The number of carbonyl (C=O) groups excluding carboxylic acids is 1. The van der Waals surface area contributed by atoms with Crippen LogP contribution in [0.5, 0.6) is 0 Å². The van der Waals surface area contributed by atoms with Gasteiger partial charge in [-0.2, -0.15) is 0 Å². The first-order chi connectivity index (χ1) is 8.56. The fourth-order valence-corrected chi connectivity index (χ4v) is 5.69. The van der Waals surface area contributed by atoms with Crippen LogP contribution in [0.3, 0.4) is 0 Å². The van der Waals surface area contributed by atoms with Gasteiger partial charge in [-0.05, 0) is 41.5 Å². The molecule has 2 saturated heterocycles. The topological polar surface area (TPSA) is 26.3 Å². The van der Waals surface area contributed by atoms with Gasteiger partial charge in [0.15, 0.2) is 5.60 Å². The largest absolute Gasteiger partial charge is 1.00 e. The summed E-state index contributed by atoms with van der Waals surface area (Å²) in [7, 11) is 2.36. The second-order valence-electron chi connectivity index (χ2n) is 6.24. The molecule has 5 heteroatoms. The number of nitrogens with zero attached hydrogens (tertiary/aromatic N) is 1. The monoisotopic (exact) mass is 485 g/mol. The van der Waals surface area contributed by atoms with E-state index in [0.717, 1.165) is 16.5 Å². The van der Waals surface area contributed by atoms with Gasteiger partial charge in [-0.1, -0.05) is 0 Å². The lowest BCUT2D eigenvalue weighted by Gasteiger charge is -2.44. The van der Waals surface area contributed by atoms with E-state index in [0.29, 0.717) is 12.1 Å². The number of ether oxygens (including phenoxy) is 1. The van der Waals surface area contributed by atoms with Crippen molar-refractivity contribution < 1.29 is 38.0 Å². The third-order valence-electron chi connectivity index (χ3n) is 5.48. The molecule has 3 aliphatic heterocycles. The number of hydrogen-bond donors (Lipinski definition) is 0. The van der Waals surface area contributed by atoms with Crippen molar-refractivity contribution >= 4 is 28.6 Å². The van der Waals surface area contributed by atoms with Crippen LogP contribution in [0.15, 0.2) is 21.3 Å². The molecule has 0 N–H and O–H groups in total. The number of likely N-dealkylation sites (N-methyl/N-ethyl adjacent to an activating group) is 1. The zero-order valence-electron chi connectivity index (χ0n) is 10.9. The third kappa shape index (κ3) is 1.67. The highest BCUT2D eigenvalue weighted by atomic mass is 127. The lowest BCUT2D eigenvalue weighted by Crippen LogP contribution is -3.00. The Bertz CT molecular complexity index is 516. The third-order valence-corrected chi connectivity index (χ3v) is 6.43. The second kappa shape index (κ2) is 4.43. The Labute approximate surface area is 144 Å². The average Bonchev–Trinajstić information content (AvgIpc) is 2.76. The van der Waals surface area contributed by atoms with E-state index in [-0.39, 0.29) is 35.5 Å². The summed E-state index contributed by atoms with van der Waals surface area (Å²) < 4.78 is 8.18. The fraction of sp³-hybridized carbons (Fsp3) is 0.643. The van der Waals surface area contributed by atoms with E-state index in [1.165, 1.54) is 29.4 Å². The van der Waals surface area contributed by atoms with Crippen molar-refractivity contribution in [1.29, 1.82) is 0 Å². The molecule has 3 heterocycles. The van der Waals surface area contributed by atoms with E-state index in [1.54, 1.807) is 6.08 Å². The molecule has 0 radical (unpaired) electrons. The van der Waals surface area contributed by atoms with E-state index < -0.39 is 0 Å². The van der Waals surface area contributed by atoms with Crippen LogP contribution in [0.4, 0.5) is 0 Å². The minimum absolute atomic E-state index is 0. The summed E-state index contributed by atoms with van der Waals surface area (Å²) in [6.07, 6.45) is 8.87. The van der Waals surface area contributed by atoms with Crippen LogP contribution in [0, 0.1) is 0 Å². The van der Waals surface area contributed by atoms with Crippen LogP contribution in [0.2, 0.25) is 0 Å². The van der Waals surface area contributed by atoms with E-state index in [1.807, 2.05) is 0 Å². The standard InChI is InChI=1S/C14H17INO2.HI/c1-16-5-3-2-4-12(16)14-8-9(16)6-11(15)10(14)7-13(17)18-14;/h6-7,9,12H,2-5,8H2,1H3;1H/q+1;/p-1/t9-,12-,14+,16?;/m1./s1. The molecular weight excluding hydrogens is 468 g/mol. The molecule has 0 amide bonds. The summed E-state index contributed by atoms with van der Waals surface area (Å²) in [6.45, 7) is 1.22. The van der Waals surface area contributed by atoms with Gasteiger partial charge in [0, 0.05) is 21.6 Å². The molecular formula is C14H17I2NO2. The number of fused-ring (bicyclic) bond motifs is 3. The van der Waals surface area contributed by atoms with E-state index in [2.05, 4.69) is 35.7 Å². The van der Waals surface area contributed by atoms with E-state index in [9.17, 15) is 4.79 Å². The number of quaternary nitrogens is 1.